The van der Waals surface area contributed by atoms with E-state index in [0.29, 0.717) is 16.6 Å². The highest BCUT2D eigenvalue weighted by molar-refractivity contribution is 6.08. The minimum Gasteiger partial charge on any atom is -0.321 e. The summed E-state index contributed by atoms with van der Waals surface area (Å²) in [6, 6.07) is 19.0. The van der Waals surface area contributed by atoms with Gasteiger partial charge in [0.25, 0.3) is 5.91 Å². The van der Waals surface area contributed by atoms with Crippen molar-refractivity contribution in [2.75, 3.05) is 5.32 Å². The number of carbonyl (C=O) groups is 2. The van der Waals surface area contributed by atoms with E-state index in [1.54, 1.807) is 30.3 Å². The molecule has 2 N–H and O–H groups in total. The van der Waals surface area contributed by atoms with Crippen molar-refractivity contribution in [3.63, 3.8) is 0 Å². The number of fused-ring (bicyclic) bond motifs is 1. The molecule has 3 aromatic carbocycles. The van der Waals surface area contributed by atoms with Gasteiger partial charge < -0.3 is 5.32 Å². The number of para-hydroxylation sites is 1. The van der Waals surface area contributed by atoms with Crippen molar-refractivity contribution in [2.24, 2.45) is 5.10 Å². The number of amides is 2. The fourth-order valence-electron chi connectivity index (χ4n) is 4.21. The van der Waals surface area contributed by atoms with Gasteiger partial charge in [0.05, 0.1) is 22.5 Å². The van der Waals surface area contributed by atoms with E-state index in [1.165, 1.54) is 24.4 Å². The number of aryl methyl sites for hydroxylation is 2. The predicted octanol–water partition coefficient (Wildman–Crippen LogP) is 7.44. The molecular weight excluding hydrogens is 581 g/mol. The van der Waals surface area contributed by atoms with Crippen molar-refractivity contribution in [1.29, 1.82) is 0 Å². The molecule has 1 heterocycles. The van der Waals surface area contributed by atoms with Crippen LogP contribution < -0.4 is 10.7 Å². The molecule has 1 aromatic heterocycles. The number of alkyl halides is 7. The molecule has 2 amide bonds. The summed E-state index contributed by atoms with van der Waals surface area (Å²) in [7, 11) is 0. The van der Waals surface area contributed by atoms with E-state index >= 15 is 0 Å². The van der Waals surface area contributed by atoms with Crippen LogP contribution in [0.4, 0.5) is 36.4 Å². The van der Waals surface area contributed by atoms with Crippen molar-refractivity contribution in [2.45, 2.75) is 38.8 Å². The van der Waals surface area contributed by atoms with E-state index in [0.717, 1.165) is 28.8 Å². The number of hydrogen-bond acceptors (Lipinski definition) is 4. The Balaban J connectivity index is 1.58. The first-order valence-corrected chi connectivity index (χ1v) is 12.6. The third kappa shape index (κ3) is 6.20. The van der Waals surface area contributed by atoms with Crippen molar-refractivity contribution >= 4 is 34.1 Å². The van der Waals surface area contributed by atoms with E-state index in [1.807, 2.05) is 32.0 Å². The van der Waals surface area contributed by atoms with Gasteiger partial charge in [0.15, 0.2) is 0 Å². The number of hydrogen-bond donors (Lipinski definition) is 2. The lowest BCUT2D eigenvalue weighted by Gasteiger charge is -2.27. The second-order valence-corrected chi connectivity index (χ2v) is 9.71. The molecule has 0 atom stereocenters. The van der Waals surface area contributed by atoms with Crippen LogP contribution in [0.1, 0.15) is 34.0 Å². The Bertz CT molecular complexity index is 1750. The van der Waals surface area contributed by atoms with Crippen LogP contribution in [0.25, 0.3) is 22.2 Å². The normalized spacial score (nSPS) is 12.7. The second kappa shape index (κ2) is 11.5. The Hall–Kier alpha value is -4.81. The van der Waals surface area contributed by atoms with Gasteiger partial charge in [-0.3, -0.25) is 9.59 Å². The summed E-state index contributed by atoms with van der Waals surface area (Å²) in [6.07, 6.45) is -6.66. The first-order valence-electron chi connectivity index (χ1n) is 12.6. The topological polar surface area (TPSA) is 83.4 Å². The van der Waals surface area contributed by atoms with Crippen LogP contribution >= 0.6 is 0 Å². The molecule has 0 unspecified atom stereocenters. The molecule has 0 aliphatic carbocycles. The van der Waals surface area contributed by atoms with Gasteiger partial charge in [-0.05, 0) is 56.2 Å². The summed E-state index contributed by atoms with van der Waals surface area (Å²) < 4.78 is 91.3. The zero-order valence-electron chi connectivity index (χ0n) is 22.8. The standard InChI is InChI=1S/C30H23F7N4O2/c1-16-11-12-21(17(2)13-16)25-15-23(22-9-4-5-10-24(22)39-25)26(42)41-40-18(3)19-7-6-8-20(14-19)38-27(43)28(31,32)29(33,34)30(35,36)37/h4-15H,1-3H3,(H,38,43)(H,41,42)/b40-18-. The summed E-state index contributed by atoms with van der Waals surface area (Å²) >= 11 is 0. The molecule has 0 aliphatic heterocycles. The van der Waals surface area contributed by atoms with Gasteiger partial charge in [-0.2, -0.15) is 35.8 Å². The maximum Gasteiger partial charge on any atom is 0.460 e. The summed E-state index contributed by atoms with van der Waals surface area (Å²) in [5, 5.41) is 5.94. The van der Waals surface area contributed by atoms with E-state index in [9.17, 15) is 40.3 Å². The lowest BCUT2D eigenvalue weighted by Crippen LogP contribution is -2.57. The number of pyridine rings is 1. The fourth-order valence-corrected chi connectivity index (χ4v) is 4.21. The maximum absolute atomic E-state index is 13.7. The Kier molecular flexibility index (Phi) is 8.30. The van der Waals surface area contributed by atoms with Crippen molar-refractivity contribution < 1.29 is 40.3 Å². The molecule has 0 spiro atoms. The van der Waals surface area contributed by atoms with Gasteiger partial charge in [0.2, 0.25) is 0 Å². The van der Waals surface area contributed by atoms with Crippen LogP contribution in [0.5, 0.6) is 0 Å². The molecule has 0 aliphatic rings. The highest BCUT2D eigenvalue weighted by atomic mass is 19.4. The van der Waals surface area contributed by atoms with Gasteiger partial charge in [0, 0.05) is 16.6 Å². The number of aromatic nitrogens is 1. The molecule has 0 saturated carbocycles. The van der Waals surface area contributed by atoms with Crippen molar-refractivity contribution in [1.82, 2.24) is 10.4 Å². The van der Waals surface area contributed by atoms with Gasteiger partial charge in [-0.15, -0.1) is 0 Å². The lowest BCUT2D eigenvalue weighted by molar-refractivity contribution is -0.343. The zero-order valence-corrected chi connectivity index (χ0v) is 22.8. The summed E-state index contributed by atoms with van der Waals surface area (Å²) in [5.74, 6) is -16.1. The summed E-state index contributed by atoms with van der Waals surface area (Å²) in [5.41, 5.74) is 6.34. The Morgan fingerprint density at radius 3 is 2.21 bits per heavy atom. The lowest BCUT2D eigenvalue weighted by atomic mass is 9.99. The number of hydrazone groups is 1. The van der Waals surface area contributed by atoms with Crippen molar-refractivity contribution in [3.05, 3.63) is 95.1 Å². The number of carbonyl (C=O) groups excluding carboxylic acids is 2. The molecule has 6 nitrogen and oxygen atoms in total. The Morgan fingerprint density at radius 2 is 1.53 bits per heavy atom. The van der Waals surface area contributed by atoms with Gasteiger partial charge in [-0.25, -0.2) is 10.4 Å². The largest absolute Gasteiger partial charge is 0.460 e. The second-order valence-electron chi connectivity index (χ2n) is 9.71. The van der Waals surface area contributed by atoms with Gasteiger partial charge >= 0.3 is 23.9 Å². The monoisotopic (exact) mass is 604 g/mol. The third-order valence-electron chi connectivity index (χ3n) is 6.52. The van der Waals surface area contributed by atoms with E-state index in [-0.39, 0.29) is 16.8 Å². The molecule has 224 valence electrons. The minimum absolute atomic E-state index is 0.102. The minimum atomic E-state index is -6.66. The predicted molar refractivity (Wildman–Crippen MR) is 147 cm³/mol. The zero-order chi connectivity index (χ0) is 31.7. The number of nitrogens with zero attached hydrogens (tertiary/aromatic N) is 2. The average molecular weight is 605 g/mol. The smallest absolute Gasteiger partial charge is 0.321 e. The van der Waals surface area contributed by atoms with Crippen LogP contribution in [-0.4, -0.2) is 40.5 Å². The van der Waals surface area contributed by atoms with E-state index in [4.69, 9.17) is 0 Å². The van der Waals surface area contributed by atoms with Crippen LogP contribution in [0.15, 0.2) is 77.9 Å². The SMILES string of the molecule is C/C(=N/NC(=O)c1cc(-c2ccc(C)cc2C)nc2ccccc12)c1cccc(NC(=O)C(F)(F)C(F)(F)C(F)(F)F)c1. The highest BCUT2D eigenvalue weighted by Gasteiger charge is 2.76. The van der Waals surface area contributed by atoms with Crippen LogP contribution in [0.2, 0.25) is 0 Å². The first-order chi connectivity index (χ1) is 20.0. The number of rotatable bonds is 7. The summed E-state index contributed by atoms with van der Waals surface area (Å²) in [6.45, 7) is 5.29. The molecular formula is C30H23F7N4O2. The van der Waals surface area contributed by atoms with E-state index in [2.05, 4.69) is 15.5 Å². The molecule has 4 rings (SSSR count). The quantitative estimate of drug-likeness (QED) is 0.131. The van der Waals surface area contributed by atoms with E-state index < -0.39 is 35.5 Å². The van der Waals surface area contributed by atoms with Crippen LogP contribution in [-0.2, 0) is 4.79 Å². The molecule has 0 fully saturated rings. The number of halogens is 7. The molecule has 0 radical (unpaired) electrons. The van der Waals surface area contributed by atoms with Crippen molar-refractivity contribution in [3.8, 4) is 11.3 Å². The van der Waals surface area contributed by atoms with Gasteiger partial charge in [0.1, 0.15) is 0 Å². The number of anilines is 1. The van der Waals surface area contributed by atoms with Crippen LogP contribution in [0, 0.1) is 13.8 Å². The Labute approximate surface area is 240 Å². The summed E-state index contributed by atoms with van der Waals surface area (Å²) in [4.78, 5) is 29.7. The highest BCUT2D eigenvalue weighted by Crippen LogP contribution is 2.47. The maximum atomic E-state index is 13.7. The first kappa shape index (κ1) is 31.1. The molecule has 43 heavy (non-hydrogen) atoms. The molecule has 4 aromatic rings. The third-order valence-corrected chi connectivity index (χ3v) is 6.52. The number of nitrogens with one attached hydrogen (secondary N) is 2. The van der Waals surface area contributed by atoms with Crippen LogP contribution in [0.3, 0.4) is 0 Å². The number of benzene rings is 3. The fraction of sp³-hybridized carbons (Fsp3) is 0.200. The molecule has 0 saturated heterocycles. The molecule has 0 bridgehead atoms. The molecule has 13 heteroatoms. The Morgan fingerprint density at radius 1 is 0.837 bits per heavy atom. The van der Waals surface area contributed by atoms with Gasteiger partial charge in [-0.1, -0.05) is 54.1 Å². The average Bonchev–Trinajstić information content (AvgIpc) is 2.94.